The summed E-state index contributed by atoms with van der Waals surface area (Å²) in [5.41, 5.74) is -1.43. The zero-order chi connectivity index (χ0) is 18.1. The van der Waals surface area contributed by atoms with Gasteiger partial charge in [0.1, 0.15) is 5.82 Å². The standard InChI is InChI=1S/C14H11BrF4N2O2S/c15-9-2-1-8(12(16)5-9)7-21-13-4-3-10(24(20,22)23)6-11(13)14(17,18)19/h1-6,21H,7H2,(H2,20,22,23). The number of anilines is 1. The van der Waals surface area contributed by atoms with Crippen molar-refractivity contribution in [2.75, 3.05) is 5.32 Å². The second kappa shape index (κ2) is 6.69. The summed E-state index contributed by atoms with van der Waals surface area (Å²) in [5, 5.41) is 7.31. The summed E-state index contributed by atoms with van der Waals surface area (Å²) in [4.78, 5) is -0.657. The van der Waals surface area contributed by atoms with Gasteiger partial charge in [-0.15, -0.1) is 0 Å². The average Bonchev–Trinajstić information content (AvgIpc) is 2.44. The van der Waals surface area contributed by atoms with Crippen LogP contribution in [0.15, 0.2) is 45.8 Å². The number of benzene rings is 2. The van der Waals surface area contributed by atoms with Crippen molar-refractivity contribution in [2.24, 2.45) is 5.14 Å². The van der Waals surface area contributed by atoms with E-state index in [1.807, 2.05) is 0 Å². The number of primary sulfonamides is 1. The summed E-state index contributed by atoms with van der Waals surface area (Å²) in [6.07, 6.45) is -4.80. The SMILES string of the molecule is NS(=O)(=O)c1ccc(NCc2ccc(Br)cc2F)c(C(F)(F)F)c1. The van der Waals surface area contributed by atoms with Gasteiger partial charge in [0.25, 0.3) is 0 Å². The summed E-state index contributed by atoms with van der Waals surface area (Å²) in [6.45, 7) is -0.211. The molecule has 3 N–H and O–H groups in total. The topological polar surface area (TPSA) is 72.2 Å². The normalized spacial score (nSPS) is 12.2. The minimum atomic E-state index is -4.80. The Morgan fingerprint density at radius 3 is 2.33 bits per heavy atom. The van der Waals surface area contributed by atoms with Crippen LogP contribution in [0, 0.1) is 5.82 Å². The van der Waals surface area contributed by atoms with Gasteiger partial charge >= 0.3 is 6.18 Å². The molecular weight excluding hydrogens is 416 g/mol. The van der Waals surface area contributed by atoms with Crippen LogP contribution in [0.2, 0.25) is 0 Å². The summed E-state index contributed by atoms with van der Waals surface area (Å²) in [6, 6.07) is 6.48. The molecule has 0 unspecified atom stereocenters. The second-order valence-electron chi connectivity index (χ2n) is 4.84. The number of hydrogen-bond acceptors (Lipinski definition) is 3. The molecular formula is C14H11BrF4N2O2S. The highest BCUT2D eigenvalue weighted by atomic mass is 79.9. The Morgan fingerprint density at radius 2 is 1.79 bits per heavy atom. The molecule has 0 bridgehead atoms. The van der Waals surface area contributed by atoms with Crippen molar-refractivity contribution in [2.45, 2.75) is 17.6 Å². The maximum absolute atomic E-state index is 13.7. The Labute approximate surface area is 143 Å². The fourth-order valence-electron chi connectivity index (χ4n) is 1.94. The highest BCUT2D eigenvalue weighted by molar-refractivity contribution is 9.10. The summed E-state index contributed by atoms with van der Waals surface area (Å²) < 4.78 is 76.0. The molecule has 2 rings (SSSR count). The van der Waals surface area contributed by atoms with Crippen LogP contribution in [0.3, 0.4) is 0 Å². The van der Waals surface area contributed by atoms with Gasteiger partial charge < -0.3 is 5.32 Å². The molecule has 0 heterocycles. The lowest BCUT2D eigenvalue weighted by molar-refractivity contribution is -0.137. The first-order valence-electron chi connectivity index (χ1n) is 6.40. The van der Waals surface area contributed by atoms with Crippen LogP contribution in [-0.4, -0.2) is 8.42 Å². The van der Waals surface area contributed by atoms with Gasteiger partial charge in [-0.3, -0.25) is 0 Å². The van der Waals surface area contributed by atoms with Gasteiger partial charge in [-0.05, 0) is 30.3 Å². The van der Waals surface area contributed by atoms with E-state index in [1.165, 1.54) is 12.1 Å². The molecule has 0 atom stereocenters. The molecule has 130 valence electrons. The third-order valence-corrected chi connectivity index (χ3v) is 4.51. The van der Waals surface area contributed by atoms with Crippen LogP contribution in [0.1, 0.15) is 11.1 Å². The molecule has 0 amide bonds. The van der Waals surface area contributed by atoms with Crippen molar-refractivity contribution in [3.8, 4) is 0 Å². The first-order valence-corrected chi connectivity index (χ1v) is 8.74. The zero-order valence-corrected chi connectivity index (χ0v) is 14.3. The number of nitrogens with one attached hydrogen (secondary N) is 1. The molecule has 0 aromatic heterocycles. The number of sulfonamides is 1. The predicted octanol–water partition coefficient (Wildman–Crippen LogP) is 3.87. The molecule has 0 saturated carbocycles. The fourth-order valence-corrected chi connectivity index (χ4v) is 2.82. The molecule has 0 saturated heterocycles. The van der Waals surface area contributed by atoms with Gasteiger partial charge in [0.05, 0.1) is 10.5 Å². The minimum Gasteiger partial charge on any atom is -0.380 e. The quantitative estimate of drug-likeness (QED) is 0.728. The Bertz CT molecular complexity index is 870. The van der Waals surface area contributed by atoms with Crippen LogP contribution in [0.5, 0.6) is 0 Å². The van der Waals surface area contributed by atoms with Gasteiger partial charge in [-0.2, -0.15) is 13.2 Å². The van der Waals surface area contributed by atoms with Crippen molar-refractivity contribution >= 4 is 31.6 Å². The van der Waals surface area contributed by atoms with E-state index in [4.69, 9.17) is 5.14 Å². The van der Waals surface area contributed by atoms with Gasteiger partial charge in [0, 0.05) is 22.3 Å². The van der Waals surface area contributed by atoms with E-state index >= 15 is 0 Å². The van der Waals surface area contributed by atoms with Crippen molar-refractivity contribution in [3.63, 3.8) is 0 Å². The summed E-state index contributed by atoms with van der Waals surface area (Å²) >= 11 is 3.08. The van der Waals surface area contributed by atoms with E-state index in [0.717, 1.165) is 12.1 Å². The highest BCUT2D eigenvalue weighted by Gasteiger charge is 2.34. The van der Waals surface area contributed by atoms with Crippen LogP contribution in [0.25, 0.3) is 0 Å². The lowest BCUT2D eigenvalue weighted by Crippen LogP contribution is -2.16. The van der Waals surface area contributed by atoms with Crippen molar-refractivity contribution in [3.05, 3.63) is 57.8 Å². The van der Waals surface area contributed by atoms with E-state index in [0.29, 0.717) is 10.5 Å². The molecule has 10 heteroatoms. The van der Waals surface area contributed by atoms with Crippen LogP contribution in [0.4, 0.5) is 23.2 Å². The highest BCUT2D eigenvalue weighted by Crippen LogP contribution is 2.36. The van der Waals surface area contributed by atoms with E-state index in [2.05, 4.69) is 21.2 Å². The molecule has 0 aliphatic heterocycles. The Kier molecular flexibility index (Phi) is 5.21. The number of alkyl halides is 3. The van der Waals surface area contributed by atoms with Gasteiger partial charge in [-0.25, -0.2) is 17.9 Å². The van der Waals surface area contributed by atoms with E-state index in [9.17, 15) is 26.0 Å². The molecule has 0 fully saturated rings. The predicted molar refractivity (Wildman–Crippen MR) is 84.2 cm³/mol. The monoisotopic (exact) mass is 426 g/mol. The fraction of sp³-hybridized carbons (Fsp3) is 0.143. The van der Waals surface area contributed by atoms with E-state index in [1.54, 1.807) is 6.07 Å². The number of hydrogen-bond donors (Lipinski definition) is 2. The number of nitrogens with two attached hydrogens (primary N) is 1. The van der Waals surface area contributed by atoms with Crippen LogP contribution in [-0.2, 0) is 22.7 Å². The van der Waals surface area contributed by atoms with Gasteiger partial charge in [0.2, 0.25) is 10.0 Å². The minimum absolute atomic E-state index is 0.154. The maximum atomic E-state index is 13.7. The molecule has 2 aromatic carbocycles. The summed E-state index contributed by atoms with van der Waals surface area (Å²) in [5.74, 6) is -0.591. The van der Waals surface area contributed by atoms with Crippen LogP contribution >= 0.6 is 15.9 Å². The molecule has 4 nitrogen and oxygen atoms in total. The van der Waals surface area contributed by atoms with Crippen molar-refractivity contribution in [1.29, 1.82) is 0 Å². The van der Waals surface area contributed by atoms with Gasteiger partial charge in [0.15, 0.2) is 0 Å². The third-order valence-electron chi connectivity index (χ3n) is 3.11. The second-order valence-corrected chi connectivity index (χ2v) is 7.32. The van der Waals surface area contributed by atoms with Crippen LogP contribution < -0.4 is 10.5 Å². The zero-order valence-electron chi connectivity index (χ0n) is 11.9. The van der Waals surface area contributed by atoms with Crippen molar-refractivity contribution < 1.29 is 26.0 Å². The maximum Gasteiger partial charge on any atom is 0.418 e. The Balaban J connectivity index is 2.36. The summed E-state index contributed by atoms with van der Waals surface area (Å²) in [7, 11) is -4.27. The van der Waals surface area contributed by atoms with E-state index < -0.39 is 32.5 Å². The number of rotatable bonds is 4. The molecule has 24 heavy (non-hydrogen) atoms. The van der Waals surface area contributed by atoms with E-state index in [-0.39, 0.29) is 17.8 Å². The smallest absolute Gasteiger partial charge is 0.380 e. The molecule has 0 aliphatic carbocycles. The lowest BCUT2D eigenvalue weighted by atomic mass is 10.1. The molecule has 0 aliphatic rings. The first-order chi connectivity index (χ1) is 11.0. The average molecular weight is 427 g/mol. The third kappa shape index (κ3) is 4.46. The molecule has 0 radical (unpaired) electrons. The molecule has 2 aromatic rings. The lowest BCUT2D eigenvalue weighted by Gasteiger charge is -2.16. The molecule has 0 spiro atoms. The van der Waals surface area contributed by atoms with Crippen molar-refractivity contribution in [1.82, 2.24) is 0 Å². The largest absolute Gasteiger partial charge is 0.418 e. The Hall–Kier alpha value is -1.65. The Morgan fingerprint density at radius 1 is 1.12 bits per heavy atom. The first kappa shape index (κ1) is 18.7. The number of halogens is 5. The van der Waals surface area contributed by atoms with Gasteiger partial charge in [-0.1, -0.05) is 22.0 Å².